The van der Waals surface area contributed by atoms with Crippen molar-refractivity contribution >= 4 is 17.6 Å². The number of benzene rings is 1. The van der Waals surface area contributed by atoms with Gasteiger partial charge >= 0.3 is 5.97 Å². The molecule has 0 aliphatic rings. The number of carboxylic acid groups (broad SMARTS) is 1. The first-order chi connectivity index (χ1) is 7.93. The summed E-state index contributed by atoms with van der Waals surface area (Å²) in [5.74, 6) is -2.06. The molecule has 17 heavy (non-hydrogen) atoms. The minimum absolute atomic E-state index is 0.0130. The van der Waals surface area contributed by atoms with Crippen LogP contribution in [0.5, 0.6) is 5.75 Å². The lowest BCUT2D eigenvalue weighted by Gasteiger charge is -2.13. The predicted octanol–water partition coefficient (Wildman–Crippen LogP) is 0.467. The lowest BCUT2D eigenvalue weighted by molar-refractivity contribution is -0.122. The van der Waals surface area contributed by atoms with Crippen LogP contribution in [-0.4, -0.2) is 23.6 Å². The van der Waals surface area contributed by atoms with Crippen LogP contribution in [0, 0.1) is 5.92 Å². The number of hydrogen-bond acceptors (Lipinski definition) is 4. The van der Waals surface area contributed by atoms with Gasteiger partial charge in [0.1, 0.15) is 11.3 Å². The SMILES string of the molecule is CC(COc1cccc(N)c1C(=O)O)C(N)=O. The highest BCUT2D eigenvalue weighted by atomic mass is 16.5. The van der Waals surface area contributed by atoms with E-state index >= 15 is 0 Å². The van der Waals surface area contributed by atoms with Crippen molar-refractivity contribution in [3.8, 4) is 5.75 Å². The van der Waals surface area contributed by atoms with Gasteiger partial charge in [-0.3, -0.25) is 4.79 Å². The third-order valence-corrected chi connectivity index (χ3v) is 2.25. The van der Waals surface area contributed by atoms with E-state index in [4.69, 9.17) is 21.3 Å². The van der Waals surface area contributed by atoms with Crippen molar-refractivity contribution in [3.05, 3.63) is 23.8 Å². The van der Waals surface area contributed by atoms with Gasteiger partial charge in [0.15, 0.2) is 0 Å². The molecule has 0 aromatic heterocycles. The van der Waals surface area contributed by atoms with E-state index in [2.05, 4.69) is 0 Å². The Hall–Kier alpha value is -2.24. The lowest BCUT2D eigenvalue weighted by Crippen LogP contribution is -2.26. The van der Waals surface area contributed by atoms with Crippen LogP contribution in [0.2, 0.25) is 0 Å². The van der Waals surface area contributed by atoms with Crippen LogP contribution >= 0.6 is 0 Å². The first-order valence-corrected chi connectivity index (χ1v) is 4.97. The maximum atomic E-state index is 11.0. The van der Waals surface area contributed by atoms with Gasteiger partial charge in [0, 0.05) is 5.69 Å². The third kappa shape index (κ3) is 3.10. The number of carboxylic acids is 1. The van der Waals surface area contributed by atoms with Gasteiger partial charge in [0.25, 0.3) is 0 Å². The smallest absolute Gasteiger partial charge is 0.341 e. The number of anilines is 1. The summed E-state index contributed by atoms with van der Waals surface area (Å²) in [6.45, 7) is 1.61. The summed E-state index contributed by atoms with van der Waals surface area (Å²) in [5, 5.41) is 8.97. The van der Waals surface area contributed by atoms with E-state index in [0.29, 0.717) is 0 Å². The molecule has 0 bridgehead atoms. The summed E-state index contributed by atoms with van der Waals surface area (Å²) in [6, 6.07) is 4.52. The van der Waals surface area contributed by atoms with Crippen LogP contribution in [0.3, 0.4) is 0 Å². The lowest BCUT2D eigenvalue weighted by atomic mass is 10.1. The maximum absolute atomic E-state index is 11.0. The zero-order valence-corrected chi connectivity index (χ0v) is 9.34. The average molecular weight is 238 g/mol. The largest absolute Gasteiger partial charge is 0.492 e. The van der Waals surface area contributed by atoms with Crippen LogP contribution in [0.4, 0.5) is 5.69 Å². The van der Waals surface area contributed by atoms with Crippen molar-refractivity contribution in [2.45, 2.75) is 6.92 Å². The molecule has 0 spiro atoms. The molecule has 6 heteroatoms. The van der Waals surface area contributed by atoms with Crippen LogP contribution in [0.15, 0.2) is 18.2 Å². The molecule has 0 radical (unpaired) electrons. The van der Waals surface area contributed by atoms with Crippen molar-refractivity contribution < 1.29 is 19.4 Å². The molecular formula is C11H14N2O4. The van der Waals surface area contributed by atoms with Gasteiger partial charge in [-0.15, -0.1) is 0 Å². The van der Waals surface area contributed by atoms with E-state index in [0.717, 1.165) is 0 Å². The first-order valence-electron chi connectivity index (χ1n) is 4.97. The van der Waals surface area contributed by atoms with Gasteiger partial charge < -0.3 is 21.3 Å². The topological polar surface area (TPSA) is 116 Å². The predicted molar refractivity (Wildman–Crippen MR) is 61.7 cm³/mol. The van der Waals surface area contributed by atoms with E-state index in [1.807, 2.05) is 0 Å². The van der Waals surface area contributed by atoms with Gasteiger partial charge in [-0.25, -0.2) is 4.79 Å². The molecule has 1 rings (SSSR count). The van der Waals surface area contributed by atoms with Gasteiger partial charge in [-0.2, -0.15) is 0 Å². The zero-order valence-electron chi connectivity index (χ0n) is 9.34. The van der Waals surface area contributed by atoms with Crippen LogP contribution in [0.1, 0.15) is 17.3 Å². The fourth-order valence-electron chi connectivity index (χ4n) is 1.19. The van der Waals surface area contributed by atoms with Gasteiger partial charge in [0.2, 0.25) is 5.91 Å². The Labute approximate surface area is 98.2 Å². The summed E-state index contributed by atoms with van der Waals surface area (Å²) >= 11 is 0. The molecule has 1 atom stereocenters. The number of aromatic carboxylic acids is 1. The van der Waals surface area contributed by atoms with Crippen molar-refractivity contribution in [1.29, 1.82) is 0 Å². The molecular weight excluding hydrogens is 224 g/mol. The number of rotatable bonds is 5. The molecule has 1 aromatic carbocycles. The quantitative estimate of drug-likeness (QED) is 0.645. The minimum atomic E-state index is -1.18. The summed E-state index contributed by atoms with van der Waals surface area (Å²) in [4.78, 5) is 21.8. The molecule has 0 saturated heterocycles. The van der Waals surface area contributed by atoms with Crippen molar-refractivity contribution in [2.24, 2.45) is 11.7 Å². The van der Waals surface area contributed by atoms with Gasteiger partial charge in [-0.1, -0.05) is 13.0 Å². The highest BCUT2D eigenvalue weighted by Crippen LogP contribution is 2.24. The minimum Gasteiger partial charge on any atom is -0.492 e. The molecule has 0 heterocycles. The average Bonchev–Trinajstić information content (AvgIpc) is 2.24. The summed E-state index contributed by atoms with van der Waals surface area (Å²) < 4.78 is 5.24. The molecule has 0 fully saturated rings. The number of carbonyl (C=O) groups is 2. The highest BCUT2D eigenvalue weighted by Gasteiger charge is 2.16. The normalized spacial score (nSPS) is 11.8. The van der Waals surface area contributed by atoms with Gasteiger partial charge in [-0.05, 0) is 12.1 Å². The van der Waals surface area contributed by atoms with Crippen molar-refractivity contribution in [2.75, 3.05) is 12.3 Å². The Bertz CT molecular complexity index is 445. The maximum Gasteiger partial charge on any atom is 0.341 e. The molecule has 0 aliphatic heterocycles. The molecule has 1 amide bonds. The Kier molecular flexibility index (Phi) is 3.92. The number of hydrogen-bond donors (Lipinski definition) is 3. The van der Waals surface area contributed by atoms with Crippen molar-refractivity contribution in [3.63, 3.8) is 0 Å². The van der Waals surface area contributed by atoms with E-state index in [-0.39, 0.29) is 23.6 Å². The molecule has 0 aliphatic carbocycles. The van der Waals surface area contributed by atoms with Gasteiger partial charge in [0.05, 0.1) is 12.5 Å². The van der Waals surface area contributed by atoms with E-state index in [9.17, 15) is 9.59 Å². The molecule has 1 unspecified atom stereocenters. The number of carbonyl (C=O) groups excluding carboxylic acids is 1. The molecule has 92 valence electrons. The van der Waals surface area contributed by atoms with E-state index in [1.54, 1.807) is 13.0 Å². The summed E-state index contributed by atoms with van der Waals surface area (Å²) in [6.07, 6.45) is 0. The first kappa shape index (κ1) is 12.8. The standard InChI is InChI=1S/C11H14N2O4/c1-6(10(13)14)5-17-8-4-2-3-7(12)9(8)11(15)16/h2-4,6H,5,12H2,1H3,(H2,13,14)(H,15,16). The second-order valence-corrected chi connectivity index (χ2v) is 3.64. The molecule has 1 aromatic rings. The van der Waals surface area contributed by atoms with E-state index < -0.39 is 17.8 Å². The summed E-state index contributed by atoms with van der Waals surface area (Å²) in [5.41, 5.74) is 10.6. The van der Waals surface area contributed by atoms with Crippen molar-refractivity contribution in [1.82, 2.24) is 0 Å². The Morgan fingerprint density at radius 2 is 2.12 bits per heavy atom. The molecule has 6 nitrogen and oxygen atoms in total. The Balaban J connectivity index is 2.88. The monoisotopic (exact) mass is 238 g/mol. The highest BCUT2D eigenvalue weighted by molar-refractivity contribution is 5.96. The zero-order chi connectivity index (χ0) is 13.0. The Morgan fingerprint density at radius 1 is 1.47 bits per heavy atom. The fraction of sp³-hybridized carbons (Fsp3) is 0.273. The third-order valence-electron chi connectivity index (χ3n) is 2.25. The molecule has 0 saturated carbocycles. The second kappa shape index (κ2) is 5.20. The number of primary amides is 1. The van der Waals surface area contributed by atoms with Crippen LogP contribution in [0.25, 0.3) is 0 Å². The second-order valence-electron chi connectivity index (χ2n) is 3.64. The van der Waals surface area contributed by atoms with Crippen LogP contribution in [-0.2, 0) is 4.79 Å². The van der Waals surface area contributed by atoms with E-state index in [1.165, 1.54) is 12.1 Å². The number of ether oxygens (including phenoxy) is 1. The Morgan fingerprint density at radius 3 is 2.65 bits per heavy atom. The number of nitrogen functional groups attached to an aromatic ring is 1. The molecule has 5 N–H and O–H groups in total. The number of nitrogens with two attached hydrogens (primary N) is 2. The summed E-state index contributed by atoms with van der Waals surface area (Å²) in [7, 11) is 0. The van der Waals surface area contributed by atoms with Crippen LogP contribution < -0.4 is 16.2 Å². The fourth-order valence-corrected chi connectivity index (χ4v) is 1.19. The number of amides is 1.